The molecule has 68 valence electrons. The molecule has 3 heteroatoms. The standard InChI is InChI=1S/C9H14O3/c1-9(2)11-7-5-3-4-6(10)8(7)12-9/h3-4,6-8,10H,5H2,1-2H3/t6?,7-,8-/m0/s1. The Balaban J connectivity index is 2.15. The van der Waals surface area contributed by atoms with Crippen molar-refractivity contribution in [3.05, 3.63) is 12.2 Å². The highest BCUT2D eigenvalue weighted by atomic mass is 16.8. The minimum absolute atomic E-state index is 0.0278. The monoisotopic (exact) mass is 170 g/mol. The van der Waals surface area contributed by atoms with Crippen LogP contribution in [0.2, 0.25) is 0 Å². The van der Waals surface area contributed by atoms with Gasteiger partial charge >= 0.3 is 0 Å². The highest BCUT2D eigenvalue weighted by Crippen LogP contribution is 2.34. The van der Waals surface area contributed by atoms with E-state index in [1.165, 1.54) is 0 Å². The number of rotatable bonds is 0. The number of ether oxygens (including phenoxy) is 2. The number of fused-ring (bicyclic) bond motifs is 1. The Morgan fingerprint density at radius 1 is 1.42 bits per heavy atom. The Bertz CT molecular complexity index is 210. The van der Waals surface area contributed by atoms with E-state index in [1.54, 1.807) is 6.08 Å². The lowest BCUT2D eigenvalue weighted by molar-refractivity contribution is -0.151. The summed E-state index contributed by atoms with van der Waals surface area (Å²) in [6.45, 7) is 3.75. The Morgan fingerprint density at radius 2 is 2.17 bits per heavy atom. The molecule has 1 N–H and O–H groups in total. The molecule has 0 aromatic carbocycles. The fourth-order valence-electron chi connectivity index (χ4n) is 1.80. The molecular weight excluding hydrogens is 156 g/mol. The van der Waals surface area contributed by atoms with E-state index in [0.717, 1.165) is 6.42 Å². The number of aliphatic hydroxyl groups excluding tert-OH is 1. The second-order valence-corrected chi connectivity index (χ2v) is 3.79. The lowest BCUT2D eigenvalue weighted by Crippen LogP contribution is -2.36. The molecule has 1 saturated heterocycles. The van der Waals surface area contributed by atoms with Crippen molar-refractivity contribution < 1.29 is 14.6 Å². The van der Waals surface area contributed by atoms with Gasteiger partial charge in [0.15, 0.2) is 5.79 Å². The molecule has 3 atom stereocenters. The highest BCUT2D eigenvalue weighted by molar-refractivity contribution is 5.05. The smallest absolute Gasteiger partial charge is 0.163 e. The van der Waals surface area contributed by atoms with E-state index in [0.29, 0.717) is 0 Å². The van der Waals surface area contributed by atoms with Crippen molar-refractivity contribution in [2.45, 2.75) is 44.4 Å². The Labute approximate surface area is 72.0 Å². The lowest BCUT2D eigenvalue weighted by atomic mass is 9.99. The lowest BCUT2D eigenvalue weighted by Gasteiger charge is -2.22. The SMILES string of the molecule is CC1(C)O[C@H]2CC=CC(O)[C@@H]2O1. The molecule has 0 saturated carbocycles. The summed E-state index contributed by atoms with van der Waals surface area (Å²) in [5, 5.41) is 9.52. The van der Waals surface area contributed by atoms with E-state index in [-0.39, 0.29) is 12.2 Å². The Hall–Kier alpha value is -0.380. The van der Waals surface area contributed by atoms with Crippen molar-refractivity contribution in [3.8, 4) is 0 Å². The van der Waals surface area contributed by atoms with Gasteiger partial charge in [-0.1, -0.05) is 12.2 Å². The van der Waals surface area contributed by atoms with Crippen LogP contribution in [0.4, 0.5) is 0 Å². The molecule has 2 rings (SSSR count). The fourth-order valence-corrected chi connectivity index (χ4v) is 1.80. The third-order valence-electron chi connectivity index (χ3n) is 2.26. The number of hydrogen-bond donors (Lipinski definition) is 1. The molecule has 1 unspecified atom stereocenters. The van der Waals surface area contributed by atoms with Crippen molar-refractivity contribution >= 4 is 0 Å². The molecular formula is C9H14O3. The van der Waals surface area contributed by atoms with E-state index < -0.39 is 11.9 Å². The quantitative estimate of drug-likeness (QED) is 0.547. The van der Waals surface area contributed by atoms with Crippen LogP contribution < -0.4 is 0 Å². The highest BCUT2D eigenvalue weighted by Gasteiger charge is 2.44. The van der Waals surface area contributed by atoms with Crippen LogP contribution in [0.15, 0.2) is 12.2 Å². The summed E-state index contributed by atoms with van der Waals surface area (Å²) in [7, 11) is 0. The van der Waals surface area contributed by atoms with Crippen molar-refractivity contribution in [3.63, 3.8) is 0 Å². The van der Waals surface area contributed by atoms with Crippen LogP contribution in [-0.2, 0) is 9.47 Å². The van der Waals surface area contributed by atoms with E-state index >= 15 is 0 Å². The van der Waals surface area contributed by atoms with E-state index in [1.807, 2.05) is 19.9 Å². The molecule has 0 amide bonds. The third kappa shape index (κ3) is 1.28. The first-order valence-electron chi connectivity index (χ1n) is 4.29. The third-order valence-corrected chi connectivity index (χ3v) is 2.26. The largest absolute Gasteiger partial charge is 0.386 e. The van der Waals surface area contributed by atoms with Crippen molar-refractivity contribution in [1.82, 2.24) is 0 Å². The summed E-state index contributed by atoms with van der Waals surface area (Å²) in [4.78, 5) is 0. The fraction of sp³-hybridized carbons (Fsp3) is 0.778. The summed E-state index contributed by atoms with van der Waals surface area (Å²) in [5.41, 5.74) is 0. The summed E-state index contributed by atoms with van der Waals surface area (Å²) < 4.78 is 11.1. The van der Waals surface area contributed by atoms with Gasteiger partial charge in [0.25, 0.3) is 0 Å². The van der Waals surface area contributed by atoms with Gasteiger partial charge in [-0.3, -0.25) is 0 Å². The van der Waals surface area contributed by atoms with Crippen LogP contribution in [-0.4, -0.2) is 29.2 Å². The average molecular weight is 170 g/mol. The predicted molar refractivity (Wildman–Crippen MR) is 43.6 cm³/mol. The minimum atomic E-state index is -0.539. The van der Waals surface area contributed by atoms with Crippen LogP contribution in [0.3, 0.4) is 0 Å². The molecule has 0 radical (unpaired) electrons. The van der Waals surface area contributed by atoms with Crippen LogP contribution in [0.1, 0.15) is 20.3 Å². The Morgan fingerprint density at radius 3 is 2.83 bits per heavy atom. The zero-order valence-electron chi connectivity index (χ0n) is 7.36. The maximum atomic E-state index is 9.52. The van der Waals surface area contributed by atoms with Gasteiger partial charge in [-0.2, -0.15) is 0 Å². The molecule has 1 heterocycles. The molecule has 1 aliphatic heterocycles. The second kappa shape index (κ2) is 2.55. The van der Waals surface area contributed by atoms with Gasteiger partial charge in [0.2, 0.25) is 0 Å². The minimum Gasteiger partial charge on any atom is -0.386 e. The molecule has 1 fully saturated rings. The van der Waals surface area contributed by atoms with E-state index in [4.69, 9.17) is 9.47 Å². The van der Waals surface area contributed by atoms with Gasteiger partial charge in [0, 0.05) is 0 Å². The molecule has 12 heavy (non-hydrogen) atoms. The topological polar surface area (TPSA) is 38.7 Å². The Kier molecular flexibility index (Phi) is 1.75. The summed E-state index contributed by atoms with van der Waals surface area (Å²) in [6, 6.07) is 0. The number of aliphatic hydroxyl groups is 1. The van der Waals surface area contributed by atoms with E-state index in [9.17, 15) is 5.11 Å². The first kappa shape index (κ1) is 8.23. The zero-order valence-corrected chi connectivity index (χ0v) is 7.36. The molecule has 0 spiro atoms. The second-order valence-electron chi connectivity index (χ2n) is 3.79. The van der Waals surface area contributed by atoms with Crippen LogP contribution in [0, 0.1) is 0 Å². The summed E-state index contributed by atoms with van der Waals surface area (Å²) in [5.74, 6) is -0.539. The van der Waals surface area contributed by atoms with Gasteiger partial charge in [0.05, 0.1) is 6.10 Å². The van der Waals surface area contributed by atoms with Crippen LogP contribution in [0.5, 0.6) is 0 Å². The van der Waals surface area contributed by atoms with Crippen molar-refractivity contribution in [1.29, 1.82) is 0 Å². The molecule has 2 aliphatic rings. The molecule has 0 aromatic heterocycles. The van der Waals surface area contributed by atoms with Crippen molar-refractivity contribution in [2.75, 3.05) is 0 Å². The van der Waals surface area contributed by atoms with Crippen LogP contribution in [0.25, 0.3) is 0 Å². The van der Waals surface area contributed by atoms with Gasteiger partial charge in [0.1, 0.15) is 12.2 Å². The summed E-state index contributed by atoms with van der Waals surface area (Å²) >= 11 is 0. The molecule has 0 aromatic rings. The maximum Gasteiger partial charge on any atom is 0.163 e. The predicted octanol–water partition coefficient (Wildman–Crippen LogP) is 0.827. The molecule has 1 aliphatic carbocycles. The van der Waals surface area contributed by atoms with Crippen LogP contribution >= 0.6 is 0 Å². The van der Waals surface area contributed by atoms with Gasteiger partial charge in [-0.25, -0.2) is 0 Å². The van der Waals surface area contributed by atoms with Gasteiger partial charge in [-0.05, 0) is 20.3 Å². The first-order valence-corrected chi connectivity index (χ1v) is 4.29. The summed E-state index contributed by atoms with van der Waals surface area (Å²) in [6.07, 6.45) is 3.89. The first-order chi connectivity index (χ1) is 5.58. The van der Waals surface area contributed by atoms with E-state index in [2.05, 4.69) is 0 Å². The average Bonchev–Trinajstić information content (AvgIpc) is 2.25. The normalized spacial score (nSPS) is 44.4. The van der Waals surface area contributed by atoms with Gasteiger partial charge < -0.3 is 14.6 Å². The van der Waals surface area contributed by atoms with Crippen molar-refractivity contribution in [2.24, 2.45) is 0 Å². The van der Waals surface area contributed by atoms with Gasteiger partial charge in [-0.15, -0.1) is 0 Å². The number of hydrogen-bond acceptors (Lipinski definition) is 3. The molecule has 3 nitrogen and oxygen atoms in total. The molecule has 0 bridgehead atoms. The maximum absolute atomic E-state index is 9.52. The zero-order chi connectivity index (χ0) is 8.77.